The van der Waals surface area contributed by atoms with Crippen molar-refractivity contribution in [1.29, 1.82) is 0 Å². The minimum absolute atomic E-state index is 0.280. The Morgan fingerprint density at radius 1 is 1.05 bits per heavy atom. The minimum Gasteiger partial charge on any atom is -0.396 e. The normalized spacial score (nSPS) is 42.7. The lowest BCUT2D eigenvalue weighted by atomic mass is 9.45. The summed E-state index contributed by atoms with van der Waals surface area (Å²) in [5.41, 5.74) is 0.179. The first-order valence-electron chi connectivity index (χ1n) is 9.47. The fourth-order valence-corrected chi connectivity index (χ4v) is 6.08. The number of aliphatic hydroxyl groups excluding tert-OH is 1. The third-order valence-electron chi connectivity index (χ3n) is 7.33. The monoisotopic (exact) mass is 310 g/mol. The zero-order chi connectivity index (χ0) is 16.6. The van der Waals surface area contributed by atoms with Gasteiger partial charge in [0, 0.05) is 6.61 Å². The van der Waals surface area contributed by atoms with Crippen LogP contribution in [0.4, 0.5) is 0 Å². The standard InChI is InChI=1S/C20H38O2/c1-15(10-14-21)7-8-17-19(4)12-6-11-18(2,3)16(19)9-13-20(17,5)22/h15-17,21-22H,6-14H2,1-5H3/t15-,16-,17-,19+,20-/m0/s1. The summed E-state index contributed by atoms with van der Waals surface area (Å²) >= 11 is 0. The maximum Gasteiger partial charge on any atom is 0.0653 e. The lowest BCUT2D eigenvalue weighted by Crippen LogP contribution is -2.57. The van der Waals surface area contributed by atoms with Crippen LogP contribution in [-0.4, -0.2) is 22.4 Å². The van der Waals surface area contributed by atoms with Gasteiger partial charge in [-0.15, -0.1) is 0 Å². The summed E-state index contributed by atoms with van der Waals surface area (Å²) in [7, 11) is 0. The summed E-state index contributed by atoms with van der Waals surface area (Å²) in [4.78, 5) is 0. The molecule has 0 aromatic heterocycles. The number of hydrogen-bond donors (Lipinski definition) is 2. The molecule has 0 aromatic carbocycles. The molecule has 0 aromatic rings. The van der Waals surface area contributed by atoms with E-state index in [0.717, 1.165) is 31.6 Å². The zero-order valence-electron chi connectivity index (χ0n) is 15.5. The first-order valence-corrected chi connectivity index (χ1v) is 9.47. The molecule has 2 nitrogen and oxygen atoms in total. The predicted octanol–water partition coefficient (Wildman–Crippen LogP) is 4.78. The molecule has 2 fully saturated rings. The molecule has 130 valence electrons. The molecule has 2 saturated carbocycles. The van der Waals surface area contributed by atoms with Crippen LogP contribution >= 0.6 is 0 Å². The highest BCUT2D eigenvalue weighted by Crippen LogP contribution is 2.63. The highest BCUT2D eigenvalue weighted by molar-refractivity contribution is 5.07. The molecule has 2 aliphatic rings. The van der Waals surface area contributed by atoms with Gasteiger partial charge in [0.05, 0.1) is 5.60 Å². The van der Waals surface area contributed by atoms with Gasteiger partial charge in [-0.3, -0.25) is 0 Å². The van der Waals surface area contributed by atoms with Gasteiger partial charge in [0.2, 0.25) is 0 Å². The van der Waals surface area contributed by atoms with Gasteiger partial charge >= 0.3 is 0 Å². The molecule has 2 N–H and O–H groups in total. The molecule has 22 heavy (non-hydrogen) atoms. The lowest BCUT2D eigenvalue weighted by molar-refractivity contribution is -0.170. The lowest BCUT2D eigenvalue weighted by Gasteiger charge is -2.61. The summed E-state index contributed by atoms with van der Waals surface area (Å²) in [5.74, 6) is 1.70. The van der Waals surface area contributed by atoms with Crippen molar-refractivity contribution in [2.24, 2.45) is 28.6 Å². The molecule has 5 atom stereocenters. The van der Waals surface area contributed by atoms with Crippen LogP contribution in [0.2, 0.25) is 0 Å². The van der Waals surface area contributed by atoms with Crippen LogP contribution < -0.4 is 0 Å². The summed E-state index contributed by atoms with van der Waals surface area (Å²) in [6, 6.07) is 0. The van der Waals surface area contributed by atoms with Crippen molar-refractivity contribution in [3.63, 3.8) is 0 Å². The quantitative estimate of drug-likeness (QED) is 0.767. The van der Waals surface area contributed by atoms with Crippen molar-refractivity contribution >= 4 is 0 Å². The Labute approximate surface area is 137 Å². The van der Waals surface area contributed by atoms with Crippen molar-refractivity contribution in [2.75, 3.05) is 6.61 Å². The van der Waals surface area contributed by atoms with Crippen LogP contribution in [-0.2, 0) is 0 Å². The fraction of sp³-hybridized carbons (Fsp3) is 1.00. The van der Waals surface area contributed by atoms with Crippen molar-refractivity contribution in [3.8, 4) is 0 Å². The molecule has 0 amide bonds. The summed E-state index contributed by atoms with van der Waals surface area (Å²) < 4.78 is 0. The van der Waals surface area contributed by atoms with Gasteiger partial charge in [0.25, 0.3) is 0 Å². The second-order valence-corrected chi connectivity index (χ2v) is 9.54. The molecular weight excluding hydrogens is 272 g/mol. The van der Waals surface area contributed by atoms with E-state index in [0.29, 0.717) is 17.3 Å². The number of hydrogen-bond acceptors (Lipinski definition) is 2. The maximum atomic E-state index is 11.1. The smallest absolute Gasteiger partial charge is 0.0653 e. The Morgan fingerprint density at radius 2 is 1.73 bits per heavy atom. The van der Waals surface area contributed by atoms with Gasteiger partial charge in [0.1, 0.15) is 0 Å². The van der Waals surface area contributed by atoms with Crippen molar-refractivity contribution in [2.45, 2.75) is 91.6 Å². The Balaban J connectivity index is 2.19. The van der Waals surface area contributed by atoms with E-state index in [4.69, 9.17) is 5.11 Å². The second-order valence-electron chi connectivity index (χ2n) is 9.54. The molecule has 0 heterocycles. The van der Waals surface area contributed by atoms with Crippen molar-refractivity contribution in [1.82, 2.24) is 0 Å². The average Bonchev–Trinajstić information content (AvgIpc) is 2.36. The Hall–Kier alpha value is -0.0800. The van der Waals surface area contributed by atoms with Crippen LogP contribution in [0.15, 0.2) is 0 Å². The first-order chi connectivity index (χ1) is 10.1. The minimum atomic E-state index is -0.516. The van der Waals surface area contributed by atoms with Gasteiger partial charge in [0.15, 0.2) is 0 Å². The summed E-state index contributed by atoms with van der Waals surface area (Å²) in [6.45, 7) is 12.0. The van der Waals surface area contributed by atoms with Crippen LogP contribution in [0, 0.1) is 28.6 Å². The number of fused-ring (bicyclic) bond motifs is 1. The van der Waals surface area contributed by atoms with Gasteiger partial charge in [-0.2, -0.15) is 0 Å². The summed E-state index contributed by atoms with van der Waals surface area (Å²) in [6.07, 6.45) is 9.18. The van der Waals surface area contributed by atoms with E-state index in [1.165, 1.54) is 25.7 Å². The van der Waals surface area contributed by atoms with Gasteiger partial charge in [-0.05, 0) is 74.0 Å². The SMILES string of the molecule is C[C@H](CCO)CC[C@H]1[C@]2(C)CCCC(C)(C)[C@@H]2CC[C@]1(C)O. The highest BCUT2D eigenvalue weighted by Gasteiger charge is 2.57. The molecule has 0 bridgehead atoms. The molecule has 0 unspecified atom stereocenters. The van der Waals surface area contributed by atoms with E-state index in [-0.39, 0.29) is 12.0 Å². The molecular formula is C20H38O2. The van der Waals surface area contributed by atoms with Crippen LogP contribution in [0.5, 0.6) is 0 Å². The Morgan fingerprint density at radius 3 is 2.36 bits per heavy atom. The maximum absolute atomic E-state index is 11.1. The van der Waals surface area contributed by atoms with E-state index >= 15 is 0 Å². The molecule has 0 aliphatic heterocycles. The highest BCUT2D eigenvalue weighted by atomic mass is 16.3. The average molecular weight is 311 g/mol. The third kappa shape index (κ3) is 3.38. The molecule has 0 spiro atoms. The number of rotatable bonds is 5. The topological polar surface area (TPSA) is 40.5 Å². The van der Waals surface area contributed by atoms with Gasteiger partial charge < -0.3 is 10.2 Å². The third-order valence-corrected chi connectivity index (χ3v) is 7.33. The van der Waals surface area contributed by atoms with E-state index < -0.39 is 5.60 Å². The Bertz CT molecular complexity index is 374. The van der Waals surface area contributed by atoms with Gasteiger partial charge in [-0.1, -0.05) is 40.5 Å². The molecule has 2 heteroatoms. The second kappa shape index (κ2) is 6.43. The van der Waals surface area contributed by atoms with E-state index in [2.05, 4.69) is 34.6 Å². The van der Waals surface area contributed by atoms with Crippen molar-refractivity contribution < 1.29 is 10.2 Å². The van der Waals surface area contributed by atoms with Crippen LogP contribution in [0.3, 0.4) is 0 Å². The Kier molecular flexibility index (Phi) is 5.34. The fourth-order valence-electron chi connectivity index (χ4n) is 6.08. The number of aliphatic hydroxyl groups is 2. The van der Waals surface area contributed by atoms with Crippen LogP contribution in [0.1, 0.15) is 86.0 Å². The molecule has 2 aliphatic carbocycles. The van der Waals surface area contributed by atoms with Crippen LogP contribution in [0.25, 0.3) is 0 Å². The largest absolute Gasteiger partial charge is 0.396 e. The molecule has 2 rings (SSSR count). The van der Waals surface area contributed by atoms with E-state index in [9.17, 15) is 5.11 Å². The first kappa shape index (κ1) is 18.3. The predicted molar refractivity (Wildman–Crippen MR) is 92.7 cm³/mol. The van der Waals surface area contributed by atoms with Gasteiger partial charge in [-0.25, -0.2) is 0 Å². The van der Waals surface area contributed by atoms with E-state index in [1.807, 2.05) is 0 Å². The molecule has 0 saturated heterocycles. The van der Waals surface area contributed by atoms with E-state index in [1.54, 1.807) is 0 Å². The molecule has 0 radical (unpaired) electrons. The van der Waals surface area contributed by atoms with Crippen molar-refractivity contribution in [3.05, 3.63) is 0 Å². The zero-order valence-corrected chi connectivity index (χ0v) is 15.5. The summed E-state index contributed by atoms with van der Waals surface area (Å²) in [5, 5.41) is 20.2.